The molecule has 0 aliphatic rings. The molecule has 1 heterocycles. The first-order chi connectivity index (χ1) is 6.76. The largest absolute Gasteiger partial charge is 0.380 e. The van der Waals surface area contributed by atoms with Crippen molar-refractivity contribution in [1.29, 1.82) is 0 Å². The van der Waals surface area contributed by atoms with Crippen molar-refractivity contribution in [3.05, 3.63) is 18.7 Å². The van der Waals surface area contributed by atoms with Crippen molar-refractivity contribution >= 4 is 0 Å². The molecule has 76 valence electrons. The van der Waals surface area contributed by atoms with Crippen LogP contribution in [0.4, 0.5) is 0 Å². The molecule has 0 spiro atoms. The van der Waals surface area contributed by atoms with Crippen LogP contribution in [0.2, 0.25) is 0 Å². The van der Waals surface area contributed by atoms with Gasteiger partial charge in [0.25, 0.3) is 0 Å². The van der Waals surface area contributed by atoms with E-state index in [9.17, 15) is 5.11 Å². The Morgan fingerprint density at radius 3 is 2.93 bits per heavy atom. The van der Waals surface area contributed by atoms with Crippen LogP contribution in [-0.2, 0) is 6.54 Å². The Morgan fingerprint density at radius 2 is 2.43 bits per heavy atom. The van der Waals surface area contributed by atoms with Gasteiger partial charge in [0, 0.05) is 18.9 Å². The molecule has 0 aliphatic heterocycles. The smallest absolute Gasteiger partial charge is 0.114 e. The van der Waals surface area contributed by atoms with E-state index in [1.165, 1.54) is 0 Å². The number of imidazole rings is 1. The van der Waals surface area contributed by atoms with Gasteiger partial charge in [-0.05, 0) is 12.3 Å². The van der Waals surface area contributed by atoms with E-state index in [-0.39, 0.29) is 0 Å². The van der Waals surface area contributed by atoms with Crippen molar-refractivity contribution in [3.8, 4) is 12.3 Å². The van der Waals surface area contributed by atoms with E-state index >= 15 is 0 Å². The zero-order chi connectivity index (χ0) is 10.4. The maximum absolute atomic E-state index is 9.33. The molecule has 0 saturated carbocycles. The van der Waals surface area contributed by atoms with Crippen LogP contribution >= 0.6 is 0 Å². The lowest BCUT2D eigenvalue weighted by Gasteiger charge is -2.16. The minimum atomic E-state index is -0.622. The first kappa shape index (κ1) is 10.8. The molecule has 1 N–H and O–H groups in total. The fraction of sp³-hybridized carbons (Fsp3) is 0.545. The Morgan fingerprint density at radius 1 is 1.64 bits per heavy atom. The van der Waals surface area contributed by atoms with Crippen LogP contribution in [0, 0.1) is 18.3 Å². The van der Waals surface area contributed by atoms with E-state index in [1.54, 1.807) is 12.5 Å². The second-order valence-electron chi connectivity index (χ2n) is 3.45. The van der Waals surface area contributed by atoms with E-state index in [0.29, 0.717) is 12.3 Å². The lowest BCUT2D eigenvalue weighted by atomic mass is 9.99. The highest BCUT2D eigenvalue weighted by molar-refractivity contribution is 4.94. The summed E-state index contributed by atoms with van der Waals surface area (Å²) < 4.78 is 2.01. The molecule has 0 saturated heterocycles. The standard InChI is InChI=1S/C11H16N2O/c1-3-10(7-11(14)4-2)8-13-6-5-12-9-13/h2,5-6,9-11,14H,3,7-8H2,1H3. The lowest BCUT2D eigenvalue weighted by molar-refractivity contribution is 0.186. The van der Waals surface area contributed by atoms with E-state index in [0.717, 1.165) is 13.0 Å². The van der Waals surface area contributed by atoms with Gasteiger partial charge in [-0.25, -0.2) is 4.98 Å². The van der Waals surface area contributed by atoms with Crippen LogP contribution in [0.5, 0.6) is 0 Å². The molecule has 1 aromatic rings. The highest BCUT2D eigenvalue weighted by Gasteiger charge is 2.11. The summed E-state index contributed by atoms with van der Waals surface area (Å²) in [6, 6.07) is 0. The summed E-state index contributed by atoms with van der Waals surface area (Å²) in [4.78, 5) is 3.97. The third-order valence-corrected chi connectivity index (χ3v) is 2.35. The highest BCUT2D eigenvalue weighted by Crippen LogP contribution is 2.13. The summed E-state index contributed by atoms with van der Waals surface area (Å²) in [5.74, 6) is 2.75. The van der Waals surface area contributed by atoms with Gasteiger partial charge in [0.2, 0.25) is 0 Å². The molecule has 0 fully saturated rings. The number of terminal acetylenes is 1. The molecule has 2 unspecified atom stereocenters. The Labute approximate surface area is 84.8 Å². The van der Waals surface area contributed by atoms with Crippen molar-refractivity contribution < 1.29 is 5.11 Å². The average Bonchev–Trinajstić information content (AvgIpc) is 2.69. The molecule has 0 aliphatic carbocycles. The van der Waals surface area contributed by atoms with Gasteiger partial charge in [0.15, 0.2) is 0 Å². The van der Waals surface area contributed by atoms with Gasteiger partial charge in [-0.3, -0.25) is 0 Å². The summed E-state index contributed by atoms with van der Waals surface area (Å²) >= 11 is 0. The second-order valence-corrected chi connectivity index (χ2v) is 3.45. The quantitative estimate of drug-likeness (QED) is 0.714. The van der Waals surface area contributed by atoms with Gasteiger partial charge in [0.05, 0.1) is 6.33 Å². The molecule has 1 aromatic heterocycles. The molecular formula is C11H16N2O. The van der Waals surface area contributed by atoms with Crippen LogP contribution in [0.1, 0.15) is 19.8 Å². The molecule has 0 bridgehead atoms. The molecule has 14 heavy (non-hydrogen) atoms. The van der Waals surface area contributed by atoms with Gasteiger partial charge in [-0.15, -0.1) is 6.42 Å². The number of aromatic nitrogens is 2. The number of aliphatic hydroxyl groups is 1. The third kappa shape index (κ3) is 3.23. The minimum Gasteiger partial charge on any atom is -0.380 e. The van der Waals surface area contributed by atoms with E-state index in [4.69, 9.17) is 6.42 Å². The Balaban J connectivity index is 2.44. The third-order valence-electron chi connectivity index (χ3n) is 2.35. The maximum Gasteiger partial charge on any atom is 0.114 e. The topological polar surface area (TPSA) is 38.0 Å². The predicted molar refractivity (Wildman–Crippen MR) is 55.5 cm³/mol. The Kier molecular flexibility index (Phi) is 4.21. The van der Waals surface area contributed by atoms with Gasteiger partial charge in [0.1, 0.15) is 6.10 Å². The first-order valence-electron chi connectivity index (χ1n) is 4.86. The zero-order valence-electron chi connectivity index (χ0n) is 8.43. The summed E-state index contributed by atoms with van der Waals surface area (Å²) in [7, 11) is 0. The molecule has 3 nitrogen and oxygen atoms in total. The predicted octanol–water partition coefficient (Wildman–Crippen LogP) is 1.29. The van der Waals surface area contributed by atoms with Crippen LogP contribution in [-0.4, -0.2) is 20.8 Å². The summed E-state index contributed by atoms with van der Waals surface area (Å²) in [5.41, 5.74) is 0. The Bertz CT molecular complexity index is 287. The van der Waals surface area contributed by atoms with Gasteiger partial charge in [-0.1, -0.05) is 19.3 Å². The van der Waals surface area contributed by atoms with Crippen molar-refractivity contribution in [2.45, 2.75) is 32.4 Å². The average molecular weight is 192 g/mol. The number of hydrogen-bond acceptors (Lipinski definition) is 2. The van der Waals surface area contributed by atoms with Crippen LogP contribution in [0.3, 0.4) is 0 Å². The molecule has 0 radical (unpaired) electrons. The van der Waals surface area contributed by atoms with Crippen LogP contribution in [0.25, 0.3) is 0 Å². The summed E-state index contributed by atoms with van der Waals surface area (Å²) in [5, 5.41) is 9.33. The number of hydrogen-bond donors (Lipinski definition) is 1. The monoisotopic (exact) mass is 192 g/mol. The fourth-order valence-corrected chi connectivity index (χ4v) is 1.45. The molecular weight excluding hydrogens is 176 g/mol. The van der Waals surface area contributed by atoms with Crippen molar-refractivity contribution in [2.75, 3.05) is 0 Å². The normalized spacial score (nSPS) is 14.6. The van der Waals surface area contributed by atoms with Gasteiger partial charge >= 0.3 is 0 Å². The van der Waals surface area contributed by atoms with E-state index < -0.39 is 6.10 Å². The number of rotatable bonds is 5. The molecule has 0 amide bonds. The van der Waals surface area contributed by atoms with Gasteiger partial charge < -0.3 is 9.67 Å². The van der Waals surface area contributed by atoms with Crippen molar-refractivity contribution in [1.82, 2.24) is 9.55 Å². The van der Waals surface area contributed by atoms with Crippen molar-refractivity contribution in [2.24, 2.45) is 5.92 Å². The number of nitrogens with zero attached hydrogens (tertiary/aromatic N) is 2. The lowest BCUT2D eigenvalue weighted by Crippen LogP contribution is -2.15. The summed E-state index contributed by atoms with van der Waals surface area (Å²) in [6.07, 6.45) is 11.6. The zero-order valence-corrected chi connectivity index (χ0v) is 8.43. The van der Waals surface area contributed by atoms with E-state index in [1.807, 2.05) is 10.8 Å². The maximum atomic E-state index is 9.33. The summed E-state index contributed by atoms with van der Waals surface area (Å²) in [6.45, 7) is 2.97. The molecule has 3 heteroatoms. The Hall–Kier alpha value is -1.27. The fourth-order valence-electron chi connectivity index (χ4n) is 1.45. The second kappa shape index (κ2) is 5.46. The minimum absolute atomic E-state index is 0.412. The van der Waals surface area contributed by atoms with E-state index in [2.05, 4.69) is 17.8 Å². The van der Waals surface area contributed by atoms with Crippen LogP contribution in [0.15, 0.2) is 18.7 Å². The molecule has 0 aromatic carbocycles. The molecule has 2 atom stereocenters. The van der Waals surface area contributed by atoms with Gasteiger partial charge in [-0.2, -0.15) is 0 Å². The first-order valence-corrected chi connectivity index (χ1v) is 4.86. The SMILES string of the molecule is C#CC(O)CC(CC)Cn1ccnc1. The van der Waals surface area contributed by atoms with Crippen molar-refractivity contribution in [3.63, 3.8) is 0 Å². The van der Waals surface area contributed by atoms with Crippen LogP contribution < -0.4 is 0 Å². The number of aliphatic hydroxyl groups excluding tert-OH is 1. The highest BCUT2D eigenvalue weighted by atomic mass is 16.3. The molecule has 1 rings (SSSR count).